The summed E-state index contributed by atoms with van der Waals surface area (Å²) in [7, 11) is 3.25. The van der Waals surface area contributed by atoms with Crippen molar-refractivity contribution in [2.24, 2.45) is 5.73 Å². The minimum Gasteiger partial charge on any atom is -0.495 e. The lowest BCUT2D eigenvalue weighted by Gasteiger charge is -2.39. The molecule has 1 fully saturated rings. The molecule has 110 valence electrons. The van der Waals surface area contributed by atoms with Crippen LogP contribution >= 0.6 is 0 Å². The van der Waals surface area contributed by atoms with Crippen LogP contribution in [0.3, 0.4) is 0 Å². The monoisotopic (exact) mass is 278 g/mol. The van der Waals surface area contributed by atoms with E-state index in [1.807, 2.05) is 18.2 Å². The van der Waals surface area contributed by atoms with E-state index in [1.54, 1.807) is 14.2 Å². The molecule has 3 N–H and O–H groups in total. The van der Waals surface area contributed by atoms with Gasteiger partial charge in [0, 0.05) is 13.7 Å². The zero-order chi connectivity index (χ0) is 14.6. The molecule has 0 atom stereocenters. The molecule has 0 heterocycles. The van der Waals surface area contributed by atoms with Crippen LogP contribution < -0.4 is 15.8 Å². The van der Waals surface area contributed by atoms with E-state index in [9.17, 15) is 4.79 Å². The number of nitrogens with one attached hydrogen (secondary N) is 1. The maximum absolute atomic E-state index is 12.1. The molecule has 1 aliphatic rings. The topological polar surface area (TPSA) is 73.6 Å². The average Bonchev–Trinajstić information content (AvgIpc) is 2.43. The number of hydrogen-bond acceptors (Lipinski definition) is 4. The van der Waals surface area contributed by atoms with Gasteiger partial charge in [-0.05, 0) is 37.0 Å². The summed E-state index contributed by atoms with van der Waals surface area (Å²) < 4.78 is 10.8. The van der Waals surface area contributed by atoms with Gasteiger partial charge in [0.1, 0.15) is 5.75 Å². The van der Waals surface area contributed by atoms with Gasteiger partial charge >= 0.3 is 0 Å². The normalized spacial score (nSPS) is 16.4. The zero-order valence-corrected chi connectivity index (χ0v) is 12.1. The van der Waals surface area contributed by atoms with Crippen LogP contribution in [0.15, 0.2) is 18.2 Å². The van der Waals surface area contributed by atoms with Gasteiger partial charge in [0.2, 0.25) is 5.91 Å². The van der Waals surface area contributed by atoms with Gasteiger partial charge in [-0.25, -0.2) is 0 Å². The summed E-state index contributed by atoms with van der Waals surface area (Å²) in [6.45, 7) is 0.442. The van der Waals surface area contributed by atoms with E-state index in [2.05, 4.69) is 5.32 Å². The van der Waals surface area contributed by atoms with Crippen molar-refractivity contribution in [3.8, 4) is 5.75 Å². The number of benzene rings is 1. The number of methoxy groups -OCH3 is 2. The summed E-state index contributed by atoms with van der Waals surface area (Å²) in [6.07, 6.45) is 3.39. The van der Waals surface area contributed by atoms with Gasteiger partial charge in [-0.3, -0.25) is 4.79 Å². The van der Waals surface area contributed by atoms with Crippen LogP contribution in [0, 0.1) is 0 Å². The highest BCUT2D eigenvalue weighted by molar-refractivity contribution is 5.93. The van der Waals surface area contributed by atoms with Gasteiger partial charge in [-0.1, -0.05) is 6.07 Å². The van der Waals surface area contributed by atoms with Gasteiger partial charge < -0.3 is 20.5 Å². The first-order valence-electron chi connectivity index (χ1n) is 6.84. The highest BCUT2D eigenvalue weighted by Gasteiger charge is 2.39. The molecule has 1 aliphatic carbocycles. The van der Waals surface area contributed by atoms with Crippen molar-refractivity contribution in [1.82, 2.24) is 0 Å². The van der Waals surface area contributed by atoms with Crippen LogP contribution in [0.25, 0.3) is 0 Å². The Morgan fingerprint density at radius 2 is 2.15 bits per heavy atom. The molecule has 20 heavy (non-hydrogen) atoms. The maximum Gasteiger partial charge on any atom is 0.227 e. The SMILES string of the molecule is COc1cc(CN)ccc1NC(=O)CC1(OC)CCC1. The van der Waals surface area contributed by atoms with Gasteiger partial charge in [-0.2, -0.15) is 0 Å². The molecular weight excluding hydrogens is 256 g/mol. The van der Waals surface area contributed by atoms with Crippen molar-refractivity contribution in [1.29, 1.82) is 0 Å². The second-order valence-corrected chi connectivity index (χ2v) is 5.20. The van der Waals surface area contributed by atoms with Gasteiger partial charge in [0.15, 0.2) is 0 Å². The first-order valence-corrected chi connectivity index (χ1v) is 6.84. The second kappa shape index (κ2) is 6.24. The standard InChI is InChI=1S/C15H22N2O3/c1-19-13-8-11(10-16)4-5-12(13)17-14(18)9-15(20-2)6-3-7-15/h4-5,8H,3,6-7,9-10,16H2,1-2H3,(H,17,18). The molecule has 0 bridgehead atoms. The summed E-state index contributed by atoms with van der Waals surface area (Å²) in [5, 5.41) is 2.89. The van der Waals surface area contributed by atoms with E-state index in [0.29, 0.717) is 24.4 Å². The molecule has 5 nitrogen and oxygen atoms in total. The molecule has 5 heteroatoms. The zero-order valence-electron chi connectivity index (χ0n) is 12.1. The summed E-state index contributed by atoms with van der Waals surface area (Å²) in [5.74, 6) is 0.576. The summed E-state index contributed by atoms with van der Waals surface area (Å²) in [6, 6.07) is 5.54. The lowest BCUT2D eigenvalue weighted by molar-refractivity contribution is -0.129. The summed E-state index contributed by atoms with van der Waals surface area (Å²) in [4.78, 5) is 12.1. The molecule has 1 aromatic carbocycles. The fraction of sp³-hybridized carbons (Fsp3) is 0.533. The highest BCUT2D eigenvalue weighted by Crippen LogP contribution is 2.38. The third-order valence-corrected chi connectivity index (χ3v) is 3.96. The molecule has 0 unspecified atom stereocenters. The fourth-order valence-corrected chi connectivity index (χ4v) is 2.48. The molecule has 2 rings (SSSR count). The van der Waals surface area contributed by atoms with Crippen LogP contribution in [0.1, 0.15) is 31.2 Å². The van der Waals surface area contributed by atoms with Crippen LogP contribution in [0.5, 0.6) is 5.75 Å². The molecule has 1 saturated carbocycles. The first-order chi connectivity index (χ1) is 9.62. The van der Waals surface area contributed by atoms with E-state index in [1.165, 1.54) is 0 Å². The number of ether oxygens (including phenoxy) is 2. The molecule has 0 saturated heterocycles. The fourth-order valence-electron chi connectivity index (χ4n) is 2.48. The van der Waals surface area contributed by atoms with E-state index in [-0.39, 0.29) is 11.5 Å². The molecule has 0 aliphatic heterocycles. The van der Waals surface area contributed by atoms with E-state index in [0.717, 1.165) is 24.8 Å². The number of rotatable bonds is 6. The van der Waals surface area contributed by atoms with Gasteiger partial charge in [0.25, 0.3) is 0 Å². The third-order valence-electron chi connectivity index (χ3n) is 3.96. The Bertz CT molecular complexity index is 478. The van der Waals surface area contributed by atoms with Crippen molar-refractivity contribution >= 4 is 11.6 Å². The van der Waals surface area contributed by atoms with Crippen molar-refractivity contribution < 1.29 is 14.3 Å². The maximum atomic E-state index is 12.1. The van der Waals surface area contributed by atoms with Crippen LogP contribution in [0.2, 0.25) is 0 Å². The van der Waals surface area contributed by atoms with Crippen molar-refractivity contribution in [2.45, 2.75) is 37.8 Å². The largest absolute Gasteiger partial charge is 0.495 e. The quantitative estimate of drug-likeness (QED) is 0.835. The van der Waals surface area contributed by atoms with E-state index >= 15 is 0 Å². The predicted molar refractivity (Wildman–Crippen MR) is 77.7 cm³/mol. The Hall–Kier alpha value is -1.59. The van der Waals surface area contributed by atoms with Crippen LogP contribution in [0.4, 0.5) is 5.69 Å². The molecule has 1 aromatic rings. The van der Waals surface area contributed by atoms with Gasteiger partial charge in [0.05, 0.1) is 24.8 Å². The number of anilines is 1. The number of nitrogens with two attached hydrogens (primary N) is 1. The van der Waals surface area contributed by atoms with E-state index < -0.39 is 0 Å². The highest BCUT2D eigenvalue weighted by atomic mass is 16.5. The Kier molecular flexibility index (Phi) is 4.62. The molecule has 0 spiro atoms. The first kappa shape index (κ1) is 14.8. The van der Waals surface area contributed by atoms with Gasteiger partial charge in [-0.15, -0.1) is 0 Å². The van der Waals surface area contributed by atoms with Crippen molar-refractivity contribution in [3.63, 3.8) is 0 Å². The summed E-state index contributed by atoms with van der Waals surface area (Å²) >= 11 is 0. The Balaban J connectivity index is 2.03. The average molecular weight is 278 g/mol. The summed E-state index contributed by atoms with van der Waals surface area (Å²) in [5.41, 5.74) is 6.95. The Morgan fingerprint density at radius 3 is 2.65 bits per heavy atom. The number of carbonyl (C=O) groups is 1. The third kappa shape index (κ3) is 3.11. The number of hydrogen-bond donors (Lipinski definition) is 2. The number of carbonyl (C=O) groups excluding carboxylic acids is 1. The Morgan fingerprint density at radius 1 is 1.40 bits per heavy atom. The van der Waals surface area contributed by atoms with E-state index in [4.69, 9.17) is 15.2 Å². The lowest BCUT2D eigenvalue weighted by atomic mass is 9.77. The molecular formula is C15H22N2O3. The molecule has 0 radical (unpaired) electrons. The minimum atomic E-state index is -0.269. The van der Waals surface area contributed by atoms with Crippen LogP contribution in [-0.4, -0.2) is 25.7 Å². The lowest BCUT2D eigenvalue weighted by Crippen LogP contribution is -2.42. The van der Waals surface area contributed by atoms with Crippen LogP contribution in [-0.2, 0) is 16.1 Å². The second-order valence-electron chi connectivity index (χ2n) is 5.20. The smallest absolute Gasteiger partial charge is 0.227 e. The minimum absolute atomic E-state index is 0.0506. The number of amides is 1. The van der Waals surface area contributed by atoms with Crippen molar-refractivity contribution in [2.75, 3.05) is 19.5 Å². The molecule has 1 amide bonds. The molecule has 0 aromatic heterocycles. The Labute approximate surface area is 119 Å². The predicted octanol–water partition coefficient (Wildman–Crippen LogP) is 2.05. The van der Waals surface area contributed by atoms with Crippen molar-refractivity contribution in [3.05, 3.63) is 23.8 Å².